The van der Waals surface area contributed by atoms with Crippen molar-refractivity contribution in [3.05, 3.63) is 75.3 Å². The monoisotopic (exact) mass is 342 g/mol. The molecule has 0 unspecified atom stereocenters. The number of hydrogen-bond donors (Lipinski definition) is 0. The quantitative estimate of drug-likeness (QED) is 0.617. The van der Waals surface area contributed by atoms with E-state index in [-0.39, 0.29) is 11.6 Å². The average Bonchev–Trinajstić information content (AvgIpc) is 2.61. The predicted molar refractivity (Wildman–Crippen MR) is 94.8 cm³/mol. The summed E-state index contributed by atoms with van der Waals surface area (Å²) in [6.45, 7) is 1.43. The van der Waals surface area contributed by atoms with E-state index in [4.69, 9.17) is 0 Å². The predicted octanol–water partition coefficient (Wildman–Crippen LogP) is 3.41. The molecule has 24 heavy (non-hydrogen) atoms. The zero-order chi connectivity index (χ0) is 16.9. The van der Waals surface area contributed by atoms with Gasteiger partial charge in [-0.2, -0.15) is 0 Å². The van der Waals surface area contributed by atoms with Crippen molar-refractivity contribution in [2.45, 2.75) is 18.7 Å². The van der Waals surface area contributed by atoms with Crippen LogP contribution in [0.1, 0.15) is 16.7 Å². The van der Waals surface area contributed by atoms with Crippen LogP contribution in [-0.4, -0.2) is 28.0 Å². The largest absolute Gasteiger partial charge is 0.337 e. The molecule has 1 aliphatic heterocycles. The van der Waals surface area contributed by atoms with Gasteiger partial charge in [0.15, 0.2) is 0 Å². The Morgan fingerprint density at radius 1 is 1.17 bits per heavy atom. The Morgan fingerprint density at radius 2 is 1.96 bits per heavy atom. The van der Waals surface area contributed by atoms with Gasteiger partial charge < -0.3 is 4.90 Å². The van der Waals surface area contributed by atoms with Crippen LogP contribution >= 0.6 is 11.8 Å². The third-order valence-electron chi connectivity index (χ3n) is 4.10. The van der Waals surface area contributed by atoms with Gasteiger partial charge in [-0.15, -0.1) is 11.8 Å². The van der Waals surface area contributed by atoms with Crippen molar-refractivity contribution in [2.24, 2.45) is 0 Å². The first kappa shape index (κ1) is 16.5. The second-order valence-corrected chi connectivity index (χ2v) is 6.74. The fourth-order valence-corrected chi connectivity index (χ4v) is 3.69. The highest BCUT2D eigenvalue weighted by Gasteiger charge is 2.20. The molecule has 3 rings (SSSR count). The molecule has 0 aromatic heterocycles. The molecule has 1 heterocycles. The maximum atomic E-state index is 12.4. The number of thioether (sulfide) groups is 1. The summed E-state index contributed by atoms with van der Waals surface area (Å²) in [4.78, 5) is 24.6. The number of hydrogen-bond acceptors (Lipinski definition) is 4. The van der Waals surface area contributed by atoms with Crippen molar-refractivity contribution in [1.82, 2.24) is 4.90 Å². The summed E-state index contributed by atoms with van der Waals surface area (Å²) >= 11 is 1.50. The van der Waals surface area contributed by atoms with E-state index >= 15 is 0 Å². The number of nitro benzene ring substituents is 1. The molecule has 6 heteroatoms. The minimum absolute atomic E-state index is 0.0899. The molecule has 0 spiro atoms. The maximum Gasteiger partial charge on any atom is 0.269 e. The highest BCUT2D eigenvalue weighted by molar-refractivity contribution is 7.99. The lowest BCUT2D eigenvalue weighted by molar-refractivity contribution is -0.384. The van der Waals surface area contributed by atoms with Crippen LogP contribution in [0.4, 0.5) is 5.69 Å². The van der Waals surface area contributed by atoms with Crippen molar-refractivity contribution in [1.29, 1.82) is 0 Å². The molecular weight excluding hydrogens is 324 g/mol. The lowest BCUT2D eigenvalue weighted by atomic mass is 10.00. The van der Waals surface area contributed by atoms with Gasteiger partial charge in [-0.3, -0.25) is 14.9 Å². The van der Waals surface area contributed by atoms with E-state index in [1.54, 1.807) is 12.1 Å². The number of carbonyl (C=O) groups is 1. The molecule has 5 nitrogen and oxygen atoms in total. The van der Waals surface area contributed by atoms with Crippen LogP contribution < -0.4 is 0 Å². The smallest absolute Gasteiger partial charge is 0.269 e. The molecule has 2 aromatic carbocycles. The van der Waals surface area contributed by atoms with E-state index in [0.717, 1.165) is 18.5 Å². The molecule has 1 aliphatic rings. The summed E-state index contributed by atoms with van der Waals surface area (Å²) in [7, 11) is 0. The van der Waals surface area contributed by atoms with Crippen LogP contribution in [0.2, 0.25) is 0 Å². The number of non-ortho nitro benzene ring substituents is 1. The molecule has 0 saturated carbocycles. The van der Waals surface area contributed by atoms with Crippen molar-refractivity contribution in [3.63, 3.8) is 0 Å². The molecule has 1 amide bonds. The van der Waals surface area contributed by atoms with Gasteiger partial charge >= 0.3 is 0 Å². The molecule has 2 aromatic rings. The van der Waals surface area contributed by atoms with Crippen molar-refractivity contribution in [3.8, 4) is 0 Å². The van der Waals surface area contributed by atoms with Gasteiger partial charge in [0, 0.05) is 31.0 Å². The fourth-order valence-electron chi connectivity index (χ4n) is 2.82. The Bertz CT molecular complexity index is 763. The van der Waals surface area contributed by atoms with Gasteiger partial charge in [0.2, 0.25) is 5.91 Å². The standard InChI is InChI=1S/C18H18N2O3S/c21-18(19-9-8-15-5-1-2-6-16(15)11-19)13-24-12-14-4-3-7-17(10-14)20(22)23/h1-7,10H,8-9,11-13H2. The number of carbonyl (C=O) groups excluding carboxylic acids is 1. The molecule has 0 atom stereocenters. The Kier molecular flexibility index (Phi) is 5.15. The minimum atomic E-state index is -0.398. The number of rotatable bonds is 5. The first-order valence-electron chi connectivity index (χ1n) is 7.79. The Hall–Kier alpha value is -2.34. The Labute approximate surface area is 144 Å². The van der Waals surface area contributed by atoms with E-state index in [1.165, 1.54) is 29.0 Å². The van der Waals surface area contributed by atoms with Crippen molar-refractivity contribution < 1.29 is 9.72 Å². The summed E-state index contributed by atoms with van der Waals surface area (Å²) in [5.41, 5.74) is 3.50. The molecule has 0 bridgehead atoms. The van der Waals surface area contributed by atoms with E-state index < -0.39 is 4.92 Å². The zero-order valence-corrected chi connectivity index (χ0v) is 14.0. The Balaban J connectivity index is 1.51. The van der Waals surface area contributed by atoms with Crippen LogP contribution in [0, 0.1) is 10.1 Å². The SMILES string of the molecule is O=C(CSCc1cccc([N+](=O)[O-])c1)N1CCc2ccccc2C1. The zero-order valence-electron chi connectivity index (χ0n) is 13.2. The van der Waals surface area contributed by atoms with Gasteiger partial charge in [0.1, 0.15) is 0 Å². The van der Waals surface area contributed by atoms with Crippen molar-refractivity contribution >= 4 is 23.4 Å². The van der Waals surface area contributed by atoms with Crippen LogP contribution in [0.25, 0.3) is 0 Å². The van der Waals surface area contributed by atoms with Crippen LogP contribution in [-0.2, 0) is 23.5 Å². The van der Waals surface area contributed by atoms with E-state index in [1.807, 2.05) is 23.1 Å². The van der Waals surface area contributed by atoms with Crippen LogP contribution in [0.15, 0.2) is 48.5 Å². The molecule has 0 aliphatic carbocycles. The van der Waals surface area contributed by atoms with E-state index in [9.17, 15) is 14.9 Å². The van der Waals surface area contributed by atoms with Crippen LogP contribution in [0.3, 0.4) is 0 Å². The Morgan fingerprint density at radius 3 is 2.75 bits per heavy atom. The third-order valence-corrected chi connectivity index (χ3v) is 5.09. The number of fused-ring (bicyclic) bond motifs is 1. The molecule has 0 radical (unpaired) electrons. The van der Waals surface area contributed by atoms with Crippen molar-refractivity contribution in [2.75, 3.05) is 12.3 Å². The summed E-state index contributed by atoms with van der Waals surface area (Å²) in [6.07, 6.45) is 0.900. The first-order valence-corrected chi connectivity index (χ1v) is 8.94. The number of nitrogens with zero attached hydrogens (tertiary/aromatic N) is 2. The topological polar surface area (TPSA) is 63.4 Å². The summed E-state index contributed by atoms with van der Waals surface area (Å²) in [6, 6.07) is 14.8. The normalized spacial score (nSPS) is 13.4. The molecular formula is C18H18N2O3S. The number of benzene rings is 2. The van der Waals surface area contributed by atoms with Gasteiger partial charge in [-0.25, -0.2) is 0 Å². The highest BCUT2D eigenvalue weighted by atomic mass is 32.2. The molecule has 124 valence electrons. The molecule has 0 N–H and O–H groups in total. The average molecular weight is 342 g/mol. The highest BCUT2D eigenvalue weighted by Crippen LogP contribution is 2.21. The van der Waals surface area contributed by atoms with E-state index in [0.29, 0.717) is 18.1 Å². The lowest BCUT2D eigenvalue weighted by Gasteiger charge is -2.28. The second-order valence-electron chi connectivity index (χ2n) is 5.75. The van der Waals surface area contributed by atoms with Crippen LogP contribution in [0.5, 0.6) is 0 Å². The number of amides is 1. The van der Waals surface area contributed by atoms with E-state index in [2.05, 4.69) is 12.1 Å². The first-order chi connectivity index (χ1) is 11.6. The summed E-state index contributed by atoms with van der Waals surface area (Å²) in [5.74, 6) is 1.11. The molecule has 0 fully saturated rings. The minimum Gasteiger partial charge on any atom is -0.337 e. The maximum absolute atomic E-state index is 12.4. The fraction of sp³-hybridized carbons (Fsp3) is 0.278. The van der Waals surface area contributed by atoms with Gasteiger partial charge in [0.25, 0.3) is 5.69 Å². The molecule has 0 saturated heterocycles. The summed E-state index contributed by atoms with van der Waals surface area (Å²) in [5, 5.41) is 10.8. The second kappa shape index (κ2) is 7.49. The third kappa shape index (κ3) is 3.94. The lowest BCUT2D eigenvalue weighted by Crippen LogP contribution is -2.37. The van der Waals surface area contributed by atoms with Gasteiger partial charge in [-0.1, -0.05) is 36.4 Å². The summed E-state index contributed by atoms with van der Waals surface area (Å²) < 4.78 is 0. The van der Waals surface area contributed by atoms with Gasteiger partial charge in [0.05, 0.1) is 10.7 Å². The number of nitro groups is 1. The van der Waals surface area contributed by atoms with Gasteiger partial charge in [-0.05, 0) is 23.1 Å².